The average molecular weight is 286 g/mol. The molecule has 3 N–H and O–H groups in total. The van der Waals surface area contributed by atoms with Crippen molar-refractivity contribution < 1.29 is 9.59 Å². The number of hydrogen-bond acceptors (Lipinski definition) is 3. The molecule has 5 heteroatoms. The van der Waals surface area contributed by atoms with Crippen molar-refractivity contribution in [2.45, 2.75) is 32.1 Å². The SMILES string of the molecule is N#CCCCCCNC(=O)[CH]Cc1ccccc1C(N)=O. The normalized spacial score (nSPS) is 9.86. The van der Waals surface area contributed by atoms with E-state index in [1.807, 2.05) is 6.07 Å². The zero-order valence-corrected chi connectivity index (χ0v) is 12.0. The Morgan fingerprint density at radius 3 is 2.71 bits per heavy atom. The second-order valence-electron chi connectivity index (χ2n) is 4.69. The lowest BCUT2D eigenvalue weighted by Crippen LogP contribution is -2.25. The van der Waals surface area contributed by atoms with Gasteiger partial charge in [-0.15, -0.1) is 0 Å². The standard InChI is InChI=1S/C16H20N3O2/c17-11-5-1-2-6-12-19-15(20)10-9-13-7-3-4-8-14(13)16(18)21/h3-4,7-8,10H,1-2,5-6,9,12H2,(H2,18,21)(H,19,20). The zero-order valence-electron chi connectivity index (χ0n) is 12.0. The topological polar surface area (TPSA) is 96.0 Å². The fraction of sp³-hybridized carbons (Fsp3) is 0.375. The zero-order chi connectivity index (χ0) is 15.5. The summed E-state index contributed by atoms with van der Waals surface area (Å²) in [5, 5.41) is 11.2. The molecule has 2 amide bonds. The van der Waals surface area contributed by atoms with Gasteiger partial charge in [0.05, 0.1) is 12.5 Å². The van der Waals surface area contributed by atoms with Gasteiger partial charge >= 0.3 is 0 Å². The van der Waals surface area contributed by atoms with Crippen molar-refractivity contribution in [3.8, 4) is 6.07 Å². The Bertz CT molecular complexity index is 520. The lowest BCUT2D eigenvalue weighted by Gasteiger charge is -2.07. The third kappa shape index (κ3) is 6.57. The molecule has 0 saturated heterocycles. The molecule has 0 heterocycles. The van der Waals surface area contributed by atoms with Crippen LogP contribution < -0.4 is 11.1 Å². The number of nitrogens with zero attached hydrogens (tertiary/aromatic N) is 1. The molecule has 0 spiro atoms. The Balaban J connectivity index is 2.27. The highest BCUT2D eigenvalue weighted by Crippen LogP contribution is 2.10. The molecule has 1 radical (unpaired) electrons. The maximum absolute atomic E-state index is 11.7. The summed E-state index contributed by atoms with van der Waals surface area (Å²) in [6.07, 6.45) is 5.10. The number of nitriles is 1. The summed E-state index contributed by atoms with van der Waals surface area (Å²) in [5.41, 5.74) is 6.47. The molecule has 111 valence electrons. The highest BCUT2D eigenvalue weighted by molar-refractivity contribution is 5.94. The first-order valence-electron chi connectivity index (χ1n) is 7.01. The maximum Gasteiger partial charge on any atom is 0.248 e. The van der Waals surface area contributed by atoms with Gasteiger partial charge in [0.1, 0.15) is 0 Å². The number of carbonyl (C=O) groups is 2. The number of hydrogen-bond donors (Lipinski definition) is 2. The quantitative estimate of drug-likeness (QED) is 0.677. The highest BCUT2D eigenvalue weighted by Gasteiger charge is 2.09. The fourth-order valence-corrected chi connectivity index (χ4v) is 1.93. The number of carbonyl (C=O) groups excluding carboxylic acids is 2. The van der Waals surface area contributed by atoms with Crippen LogP contribution in [0.4, 0.5) is 0 Å². The van der Waals surface area contributed by atoms with Crippen molar-refractivity contribution >= 4 is 11.8 Å². The third-order valence-electron chi connectivity index (χ3n) is 3.05. The summed E-state index contributed by atoms with van der Waals surface area (Å²) in [6.45, 7) is 0.595. The molecule has 0 fully saturated rings. The van der Waals surface area contributed by atoms with Gasteiger partial charge < -0.3 is 11.1 Å². The molecule has 0 bridgehead atoms. The van der Waals surface area contributed by atoms with Gasteiger partial charge in [0.15, 0.2) is 0 Å². The lowest BCUT2D eigenvalue weighted by atomic mass is 10.0. The van der Waals surface area contributed by atoms with Gasteiger partial charge in [-0.25, -0.2) is 0 Å². The van der Waals surface area contributed by atoms with Crippen LogP contribution in [-0.4, -0.2) is 18.4 Å². The first-order valence-corrected chi connectivity index (χ1v) is 7.01. The Kier molecular flexibility index (Phi) is 7.59. The molecule has 0 unspecified atom stereocenters. The van der Waals surface area contributed by atoms with Crippen LogP contribution in [0.25, 0.3) is 0 Å². The van der Waals surface area contributed by atoms with Crippen LogP contribution in [0.2, 0.25) is 0 Å². The van der Waals surface area contributed by atoms with E-state index in [0.717, 1.165) is 24.8 Å². The number of primary amides is 1. The molecule has 0 aromatic heterocycles. The van der Waals surface area contributed by atoms with Gasteiger partial charge in [0.25, 0.3) is 0 Å². The summed E-state index contributed by atoms with van der Waals surface area (Å²) in [5.74, 6) is -0.647. The van der Waals surface area contributed by atoms with Crippen molar-refractivity contribution in [3.05, 3.63) is 41.8 Å². The Morgan fingerprint density at radius 1 is 1.24 bits per heavy atom. The largest absolute Gasteiger partial charge is 0.366 e. The van der Waals surface area contributed by atoms with Crippen LogP contribution in [0.15, 0.2) is 24.3 Å². The summed E-state index contributed by atoms with van der Waals surface area (Å²) in [7, 11) is 0. The number of amides is 2. The Labute approximate surface area is 125 Å². The van der Waals surface area contributed by atoms with Gasteiger partial charge in [-0.3, -0.25) is 9.59 Å². The van der Waals surface area contributed by atoms with E-state index in [1.165, 1.54) is 6.42 Å². The van der Waals surface area contributed by atoms with Gasteiger partial charge in [-0.05, 0) is 30.9 Å². The number of nitrogens with two attached hydrogens (primary N) is 1. The van der Waals surface area contributed by atoms with E-state index in [4.69, 9.17) is 11.0 Å². The van der Waals surface area contributed by atoms with E-state index in [-0.39, 0.29) is 5.91 Å². The smallest absolute Gasteiger partial charge is 0.248 e. The molecule has 1 aromatic carbocycles. The predicted molar refractivity (Wildman–Crippen MR) is 80.1 cm³/mol. The van der Waals surface area contributed by atoms with Crippen LogP contribution in [0.5, 0.6) is 0 Å². The number of benzene rings is 1. The number of unbranched alkanes of at least 4 members (excludes halogenated alkanes) is 3. The molecule has 21 heavy (non-hydrogen) atoms. The summed E-state index contributed by atoms with van der Waals surface area (Å²) in [4.78, 5) is 22.9. The van der Waals surface area contributed by atoms with Crippen LogP contribution in [0.3, 0.4) is 0 Å². The van der Waals surface area contributed by atoms with E-state index in [1.54, 1.807) is 18.2 Å². The lowest BCUT2D eigenvalue weighted by molar-refractivity contribution is -0.117. The molecule has 1 rings (SSSR count). The van der Waals surface area contributed by atoms with E-state index in [9.17, 15) is 9.59 Å². The molecule has 0 aliphatic carbocycles. The van der Waals surface area contributed by atoms with Gasteiger partial charge in [-0.2, -0.15) is 5.26 Å². The van der Waals surface area contributed by atoms with Crippen molar-refractivity contribution in [1.29, 1.82) is 5.26 Å². The second kappa shape index (κ2) is 9.54. The summed E-state index contributed by atoms with van der Waals surface area (Å²) >= 11 is 0. The summed E-state index contributed by atoms with van der Waals surface area (Å²) in [6, 6.07) is 9.07. The van der Waals surface area contributed by atoms with Crippen molar-refractivity contribution in [1.82, 2.24) is 5.32 Å². The Hall–Kier alpha value is -2.35. The van der Waals surface area contributed by atoms with Crippen LogP contribution in [0.1, 0.15) is 41.6 Å². The molecule has 0 aliphatic rings. The molecular weight excluding hydrogens is 266 g/mol. The van der Waals surface area contributed by atoms with Crippen molar-refractivity contribution in [3.63, 3.8) is 0 Å². The van der Waals surface area contributed by atoms with Crippen LogP contribution >= 0.6 is 0 Å². The highest BCUT2D eigenvalue weighted by atomic mass is 16.1. The van der Waals surface area contributed by atoms with Crippen LogP contribution in [-0.2, 0) is 11.2 Å². The molecule has 0 aliphatic heterocycles. The van der Waals surface area contributed by atoms with E-state index < -0.39 is 5.91 Å². The van der Waals surface area contributed by atoms with Crippen molar-refractivity contribution in [2.75, 3.05) is 6.54 Å². The van der Waals surface area contributed by atoms with E-state index in [2.05, 4.69) is 11.4 Å². The second-order valence-corrected chi connectivity index (χ2v) is 4.69. The molecule has 5 nitrogen and oxygen atoms in total. The average Bonchev–Trinajstić information content (AvgIpc) is 2.49. The van der Waals surface area contributed by atoms with E-state index >= 15 is 0 Å². The summed E-state index contributed by atoms with van der Waals surface area (Å²) < 4.78 is 0. The number of nitrogens with one attached hydrogen (secondary N) is 1. The predicted octanol–water partition coefficient (Wildman–Crippen LogP) is 1.73. The van der Waals surface area contributed by atoms with Crippen molar-refractivity contribution in [2.24, 2.45) is 5.73 Å². The third-order valence-corrected chi connectivity index (χ3v) is 3.05. The first kappa shape index (κ1) is 16.7. The molecule has 0 atom stereocenters. The maximum atomic E-state index is 11.7. The molecule has 1 aromatic rings. The minimum absolute atomic E-state index is 0.158. The molecular formula is C16H20N3O2. The van der Waals surface area contributed by atoms with Crippen LogP contribution in [0, 0.1) is 17.8 Å². The van der Waals surface area contributed by atoms with E-state index in [0.29, 0.717) is 24.9 Å². The van der Waals surface area contributed by atoms with Gasteiger partial charge in [0.2, 0.25) is 11.8 Å². The monoisotopic (exact) mass is 286 g/mol. The minimum atomic E-state index is -0.489. The molecule has 0 saturated carbocycles. The minimum Gasteiger partial charge on any atom is -0.366 e. The Morgan fingerprint density at radius 2 is 2.00 bits per heavy atom. The van der Waals surface area contributed by atoms with Gasteiger partial charge in [0, 0.05) is 18.5 Å². The fourth-order valence-electron chi connectivity index (χ4n) is 1.93. The number of rotatable bonds is 9. The van der Waals surface area contributed by atoms with Gasteiger partial charge in [-0.1, -0.05) is 24.6 Å². The first-order chi connectivity index (χ1) is 10.1.